The normalized spacial score (nSPS) is 9.93. The number of benzene rings is 1. The monoisotopic (exact) mass is 196 g/mol. The summed E-state index contributed by atoms with van der Waals surface area (Å²) in [6.07, 6.45) is 0.00134. The van der Waals surface area contributed by atoms with Gasteiger partial charge in [-0.05, 0) is 25.5 Å². The Morgan fingerprint density at radius 1 is 1.50 bits per heavy atom. The lowest BCUT2D eigenvalue weighted by Gasteiger charge is -2.04. The zero-order chi connectivity index (χ0) is 10.6. The van der Waals surface area contributed by atoms with Gasteiger partial charge in [0.25, 0.3) is 0 Å². The summed E-state index contributed by atoms with van der Waals surface area (Å²) in [5.41, 5.74) is 1.33. The quantitative estimate of drug-likeness (QED) is 0.693. The molecule has 0 amide bonds. The Morgan fingerprint density at radius 2 is 2.21 bits per heavy atom. The summed E-state index contributed by atoms with van der Waals surface area (Å²) in [5.74, 6) is -0.749. The number of esters is 1. The van der Waals surface area contributed by atoms with Gasteiger partial charge >= 0.3 is 5.97 Å². The van der Waals surface area contributed by atoms with Gasteiger partial charge in [0.1, 0.15) is 5.82 Å². The zero-order valence-electron chi connectivity index (χ0n) is 8.34. The van der Waals surface area contributed by atoms with Crippen LogP contribution in [0.15, 0.2) is 18.2 Å². The van der Waals surface area contributed by atoms with Crippen LogP contribution in [0, 0.1) is 12.7 Å². The van der Waals surface area contributed by atoms with Gasteiger partial charge in [-0.1, -0.05) is 17.7 Å². The van der Waals surface area contributed by atoms with Crippen molar-refractivity contribution >= 4 is 5.97 Å². The van der Waals surface area contributed by atoms with E-state index in [1.54, 1.807) is 19.1 Å². The summed E-state index contributed by atoms with van der Waals surface area (Å²) in [4.78, 5) is 11.1. The molecule has 0 heterocycles. The molecule has 0 N–H and O–H groups in total. The first-order valence-corrected chi connectivity index (χ1v) is 4.54. The van der Waals surface area contributed by atoms with Crippen LogP contribution in [0.3, 0.4) is 0 Å². The third kappa shape index (κ3) is 2.83. The van der Waals surface area contributed by atoms with Crippen molar-refractivity contribution in [3.63, 3.8) is 0 Å². The number of aryl methyl sites for hydroxylation is 1. The van der Waals surface area contributed by atoms with Gasteiger partial charge in [0.2, 0.25) is 0 Å². The fourth-order valence-electron chi connectivity index (χ4n) is 1.21. The smallest absolute Gasteiger partial charge is 0.310 e. The highest BCUT2D eigenvalue weighted by Gasteiger charge is 2.08. The maximum Gasteiger partial charge on any atom is 0.310 e. The molecule has 2 nitrogen and oxygen atoms in total. The van der Waals surface area contributed by atoms with Crippen LogP contribution < -0.4 is 0 Å². The maximum absolute atomic E-state index is 13.2. The summed E-state index contributed by atoms with van der Waals surface area (Å²) in [5, 5.41) is 0. The Kier molecular flexibility index (Phi) is 3.63. The van der Waals surface area contributed by atoms with Crippen molar-refractivity contribution in [1.29, 1.82) is 0 Å². The van der Waals surface area contributed by atoms with Gasteiger partial charge in [0.05, 0.1) is 13.0 Å². The second-order valence-electron chi connectivity index (χ2n) is 3.08. The Bertz CT molecular complexity index is 334. The van der Waals surface area contributed by atoms with Crippen molar-refractivity contribution in [3.8, 4) is 0 Å². The molecule has 0 saturated heterocycles. The summed E-state index contributed by atoms with van der Waals surface area (Å²) in [7, 11) is 0. The van der Waals surface area contributed by atoms with Gasteiger partial charge in [-0.25, -0.2) is 4.39 Å². The first kappa shape index (κ1) is 10.7. The Labute approximate surface area is 82.7 Å². The number of rotatable bonds is 3. The zero-order valence-corrected chi connectivity index (χ0v) is 8.34. The van der Waals surface area contributed by atoms with Crippen molar-refractivity contribution < 1.29 is 13.9 Å². The predicted octanol–water partition coefficient (Wildman–Crippen LogP) is 2.24. The van der Waals surface area contributed by atoms with Crippen molar-refractivity contribution in [2.24, 2.45) is 0 Å². The van der Waals surface area contributed by atoms with E-state index >= 15 is 0 Å². The van der Waals surface area contributed by atoms with E-state index in [0.29, 0.717) is 12.2 Å². The van der Waals surface area contributed by atoms with E-state index in [4.69, 9.17) is 4.74 Å². The molecule has 1 aromatic carbocycles. The minimum Gasteiger partial charge on any atom is -0.466 e. The molecule has 0 atom stereocenters. The molecular formula is C11H13FO2. The molecule has 0 unspecified atom stereocenters. The van der Waals surface area contributed by atoms with E-state index in [0.717, 1.165) is 5.56 Å². The number of hydrogen-bond donors (Lipinski definition) is 0. The van der Waals surface area contributed by atoms with E-state index in [1.165, 1.54) is 6.07 Å². The van der Waals surface area contributed by atoms with Crippen LogP contribution in [0.4, 0.5) is 4.39 Å². The molecule has 0 aliphatic rings. The number of carbonyl (C=O) groups excluding carboxylic acids is 1. The average Bonchev–Trinajstić information content (AvgIpc) is 2.12. The van der Waals surface area contributed by atoms with E-state index in [1.807, 2.05) is 6.92 Å². The van der Waals surface area contributed by atoms with Gasteiger partial charge in [-0.15, -0.1) is 0 Å². The SMILES string of the molecule is CCOC(=O)Cc1cc(C)ccc1F. The van der Waals surface area contributed by atoms with E-state index in [9.17, 15) is 9.18 Å². The molecule has 0 aliphatic carbocycles. The molecule has 0 spiro atoms. The van der Waals surface area contributed by atoms with Gasteiger partial charge < -0.3 is 4.74 Å². The minimum atomic E-state index is -0.392. The third-order valence-corrected chi connectivity index (χ3v) is 1.84. The second kappa shape index (κ2) is 4.74. The van der Waals surface area contributed by atoms with Crippen LogP contribution in [-0.4, -0.2) is 12.6 Å². The summed E-state index contributed by atoms with van der Waals surface area (Å²) in [6.45, 7) is 3.91. The molecule has 14 heavy (non-hydrogen) atoms. The Hall–Kier alpha value is -1.38. The largest absolute Gasteiger partial charge is 0.466 e. The van der Waals surface area contributed by atoms with Gasteiger partial charge in [0.15, 0.2) is 0 Å². The van der Waals surface area contributed by atoms with Crippen LogP contribution in [0.25, 0.3) is 0 Å². The second-order valence-corrected chi connectivity index (χ2v) is 3.08. The fraction of sp³-hybridized carbons (Fsp3) is 0.364. The van der Waals surface area contributed by atoms with Gasteiger partial charge in [-0.2, -0.15) is 0 Å². The van der Waals surface area contributed by atoms with Crippen molar-refractivity contribution in [3.05, 3.63) is 35.1 Å². The molecule has 1 rings (SSSR count). The lowest BCUT2D eigenvalue weighted by molar-refractivity contribution is -0.142. The Morgan fingerprint density at radius 3 is 2.86 bits per heavy atom. The minimum absolute atomic E-state index is 0.00134. The van der Waals surface area contributed by atoms with Crippen molar-refractivity contribution in [1.82, 2.24) is 0 Å². The summed E-state index contributed by atoms with van der Waals surface area (Å²) >= 11 is 0. The highest BCUT2D eigenvalue weighted by Crippen LogP contribution is 2.11. The fourth-order valence-corrected chi connectivity index (χ4v) is 1.21. The highest BCUT2D eigenvalue weighted by atomic mass is 19.1. The molecule has 0 saturated carbocycles. The Balaban J connectivity index is 2.75. The summed E-state index contributed by atoms with van der Waals surface area (Å²) < 4.78 is 17.9. The molecule has 0 fully saturated rings. The van der Waals surface area contributed by atoms with E-state index in [-0.39, 0.29) is 12.2 Å². The van der Waals surface area contributed by atoms with Crippen molar-refractivity contribution in [2.75, 3.05) is 6.61 Å². The van der Waals surface area contributed by atoms with Crippen LogP contribution in [0.5, 0.6) is 0 Å². The molecule has 1 aromatic rings. The standard InChI is InChI=1S/C11H13FO2/c1-3-14-11(13)7-9-6-8(2)4-5-10(9)12/h4-6H,3,7H2,1-2H3. The maximum atomic E-state index is 13.2. The molecular weight excluding hydrogens is 183 g/mol. The average molecular weight is 196 g/mol. The molecule has 0 aliphatic heterocycles. The van der Waals surface area contributed by atoms with E-state index < -0.39 is 5.97 Å². The number of hydrogen-bond acceptors (Lipinski definition) is 2. The molecule has 0 bridgehead atoms. The predicted molar refractivity (Wildman–Crippen MR) is 51.5 cm³/mol. The molecule has 0 radical (unpaired) electrons. The summed E-state index contributed by atoms with van der Waals surface area (Å²) in [6, 6.07) is 4.69. The highest BCUT2D eigenvalue weighted by molar-refractivity contribution is 5.72. The topological polar surface area (TPSA) is 26.3 Å². The third-order valence-electron chi connectivity index (χ3n) is 1.84. The van der Waals surface area contributed by atoms with Crippen LogP contribution >= 0.6 is 0 Å². The van der Waals surface area contributed by atoms with Crippen LogP contribution in [0.1, 0.15) is 18.1 Å². The molecule has 3 heteroatoms. The number of carbonyl (C=O) groups is 1. The van der Waals surface area contributed by atoms with Crippen molar-refractivity contribution in [2.45, 2.75) is 20.3 Å². The first-order chi connectivity index (χ1) is 6.63. The van der Waals surface area contributed by atoms with Crippen LogP contribution in [0.2, 0.25) is 0 Å². The number of ether oxygens (including phenoxy) is 1. The van der Waals surface area contributed by atoms with E-state index in [2.05, 4.69) is 0 Å². The molecule has 76 valence electrons. The lowest BCUT2D eigenvalue weighted by Crippen LogP contribution is -2.08. The van der Waals surface area contributed by atoms with Crippen LogP contribution in [-0.2, 0) is 16.0 Å². The number of halogens is 1. The van der Waals surface area contributed by atoms with Gasteiger partial charge in [0, 0.05) is 0 Å². The van der Waals surface area contributed by atoms with Gasteiger partial charge in [-0.3, -0.25) is 4.79 Å². The lowest BCUT2D eigenvalue weighted by atomic mass is 10.1. The first-order valence-electron chi connectivity index (χ1n) is 4.54. The molecule has 0 aromatic heterocycles.